The number of carbonyl (C=O) groups is 2. The molecule has 2 saturated carbocycles. The van der Waals surface area contributed by atoms with Crippen LogP contribution in [0.1, 0.15) is 51.5 Å². The predicted octanol–water partition coefficient (Wildman–Crippen LogP) is 3.17. The van der Waals surface area contributed by atoms with Gasteiger partial charge >= 0.3 is 6.09 Å². The van der Waals surface area contributed by atoms with Crippen molar-refractivity contribution < 1.29 is 29.3 Å². The summed E-state index contributed by atoms with van der Waals surface area (Å²) < 4.78 is 11.1. The van der Waals surface area contributed by atoms with Crippen molar-refractivity contribution in [1.29, 1.82) is 0 Å². The molecule has 1 unspecified atom stereocenters. The molecule has 3 rings (SSSR count). The van der Waals surface area contributed by atoms with Crippen molar-refractivity contribution in [2.24, 2.45) is 22.7 Å². The molecule has 4 N–H and O–H groups in total. The molecule has 2 aliphatic rings. The molecule has 0 saturated heterocycles. The fourth-order valence-corrected chi connectivity index (χ4v) is 6.42. The summed E-state index contributed by atoms with van der Waals surface area (Å²) in [7, 11) is 1.60. The standard InChI is InChI=1S/C27H40N2O6/c1-5-14-28-25(33)35-23-12-13-26(2)19(20(31)10-11-22(26)27(23,3)17-30)15-24(32)29-16-18-8-6-7-9-21(18)34-4/h5-9,19-20,22-23,30-31H,1,10-17H2,2-4H3,(H,28,33)(H,29,32)/t19-,20-,22?,23-,26+,27+/m1/s1. The third-order valence-electron chi connectivity index (χ3n) is 8.39. The minimum Gasteiger partial charge on any atom is -0.496 e. The Bertz CT molecular complexity index is 907. The van der Waals surface area contributed by atoms with Crippen molar-refractivity contribution >= 4 is 12.0 Å². The van der Waals surface area contributed by atoms with E-state index < -0.39 is 23.7 Å². The topological polar surface area (TPSA) is 117 Å². The number of aliphatic hydroxyl groups is 2. The SMILES string of the molecule is C=CCNC(=O)O[C@@H]1CC[C@]2(C)C(CC[C@@H](O)[C@H]2CC(=O)NCc2ccccc2OC)[C@]1(C)CO. The molecule has 2 aliphatic carbocycles. The predicted molar refractivity (Wildman–Crippen MR) is 133 cm³/mol. The van der Waals surface area contributed by atoms with Crippen LogP contribution in [0.2, 0.25) is 0 Å². The maximum absolute atomic E-state index is 13.0. The summed E-state index contributed by atoms with van der Waals surface area (Å²) >= 11 is 0. The average Bonchev–Trinajstić information content (AvgIpc) is 2.85. The van der Waals surface area contributed by atoms with Crippen molar-refractivity contribution in [3.8, 4) is 5.75 Å². The summed E-state index contributed by atoms with van der Waals surface area (Å²) in [5, 5.41) is 27.1. The van der Waals surface area contributed by atoms with Crippen LogP contribution in [0.4, 0.5) is 4.79 Å². The van der Waals surface area contributed by atoms with Gasteiger partial charge in [0.1, 0.15) is 11.9 Å². The third kappa shape index (κ3) is 5.64. The number of nitrogens with one attached hydrogen (secondary N) is 2. The van der Waals surface area contributed by atoms with Crippen LogP contribution in [-0.2, 0) is 16.1 Å². The fraction of sp³-hybridized carbons (Fsp3) is 0.630. The lowest BCUT2D eigenvalue weighted by atomic mass is 9.46. The van der Waals surface area contributed by atoms with E-state index in [0.29, 0.717) is 44.5 Å². The van der Waals surface area contributed by atoms with E-state index in [0.717, 1.165) is 5.56 Å². The van der Waals surface area contributed by atoms with Gasteiger partial charge in [-0.05, 0) is 49.0 Å². The van der Waals surface area contributed by atoms with E-state index in [1.165, 1.54) is 0 Å². The molecule has 2 fully saturated rings. The highest BCUT2D eigenvalue weighted by atomic mass is 16.6. The van der Waals surface area contributed by atoms with Crippen molar-refractivity contribution in [2.45, 2.75) is 64.7 Å². The Balaban J connectivity index is 1.73. The van der Waals surface area contributed by atoms with Crippen LogP contribution in [0.5, 0.6) is 5.75 Å². The van der Waals surface area contributed by atoms with Crippen LogP contribution < -0.4 is 15.4 Å². The molecular weight excluding hydrogens is 448 g/mol. The lowest BCUT2D eigenvalue weighted by Gasteiger charge is -2.60. The first-order valence-corrected chi connectivity index (χ1v) is 12.4. The summed E-state index contributed by atoms with van der Waals surface area (Å²) in [4.78, 5) is 25.2. The van der Waals surface area contributed by atoms with Crippen LogP contribution in [0.3, 0.4) is 0 Å². The average molecular weight is 489 g/mol. The number of alkyl carbamates (subject to hydrolysis) is 1. The van der Waals surface area contributed by atoms with Crippen LogP contribution in [0.25, 0.3) is 0 Å². The number of fused-ring (bicyclic) bond motifs is 1. The number of aliphatic hydroxyl groups excluding tert-OH is 2. The quantitative estimate of drug-likeness (QED) is 0.397. The Morgan fingerprint density at radius 2 is 1.94 bits per heavy atom. The number of carbonyl (C=O) groups excluding carboxylic acids is 2. The third-order valence-corrected chi connectivity index (χ3v) is 8.39. The molecule has 1 aromatic carbocycles. The number of para-hydroxylation sites is 1. The summed E-state index contributed by atoms with van der Waals surface area (Å²) in [6.45, 7) is 8.17. The molecule has 0 spiro atoms. The van der Waals surface area contributed by atoms with E-state index in [-0.39, 0.29) is 36.2 Å². The van der Waals surface area contributed by atoms with Crippen LogP contribution >= 0.6 is 0 Å². The Morgan fingerprint density at radius 1 is 1.20 bits per heavy atom. The number of hydrogen-bond acceptors (Lipinski definition) is 6. The highest BCUT2D eigenvalue weighted by Gasteiger charge is 2.60. The van der Waals surface area contributed by atoms with Crippen LogP contribution in [0.15, 0.2) is 36.9 Å². The molecule has 0 heterocycles. The van der Waals surface area contributed by atoms with Gasteiger partial charge < -0.3 is 30.3 Å². The van der Waals surface area contributed by atoms with Gasteiger partial charge in [0.25, 0.3) is 0 Å². The van der Waals surface area contributed by atoms with E-state index in [4.69, 9.17) is 9.47 Å². The van der Waals surface area contributed by atoms with Gasteiger partial charge in [-0.15, -0.1) is 6.58 Å². The molecule has 1 aromatic rings. The number of rotatable bonds is 9. The Labute approximate surface area is 208 Å². The fourth-order valence-electron chi connectivity index (χ4n) is 6.42. The number of benzene rings is 1. The van der Waals surface area contributed by atoms with E-state index in [1.54, 1.807) is 13.2 Å². The molecule has 8 nitrogen and oxygen atoms in total. The molecular formula is C27H40N2O6. The normalized spacial score (nSPS) is 32.1. The highest BCUT2D eigenvalue weighted by molar-refractivity contribution is 5.76. The van der Waals surface area contributed by atoms with Gasteiger partial charge in [0, 0.05) is 30.5 Å². The second-order valence-electron chi connectivity index (χ2n) is 10.4. The maximum atomic E-state index is 13.0. The van der Waals surface area contributed by atoms with Crippen molar-refractivity contribution in [3.05, 3.63) is 42.5 Å². The second-order valence-corrected chi connectivity index (χ2v) is 10.4. The van der Waals surface area contributed by atoms with E-state index >= 15 is 0 Å². The number of hydrogen-bond donors (Lipinski definition) is 4. The van der Waals surface area contributed by atoms with Gasteiger partial charge in [-0.1, -0.05) is 38.1 Å². The number of methoxy groups -OCH3 is 1. The van der Waals surface area contributed by atoms with Gasteiger partial charge in [-0.3, -0.25) is 4.79 Å². The Hall–Kier alpha value is -2.58. The van der Waals surface area contributed by atoms with Crippen LogP contribution in [-0.4, -0.2) is 54.7 Å². The monoisotopic (exact) mass is 488 g/mol. The first-order valence-electron chi connectivity index (χ1n) is 12.4. The minimum absolute atomic E-state index is 0.0126. The summed E-state index contributed by atoms with van der Waals surface area (Å²) in [6.07, 6.45) is 2.66. The van der Waals surface area contributed by atoms with Gasteiger partial charge in [-0.2, -0.15) is 0 Å². The van der Waals surface area contributed by atoms with Crippen molar-refractivity contribution in [1.82, 2.24) is 10.6 Å². The minimum atomic E-state index is -0.676. The molecule has 2 amide bonds. The molecule has 0 aliphatic heterocycles. The molecule has 0 bridgehead atoms. The van der Waals surface area contributed by atoms with Gasteiger partial charge in [0.15, 0.2) is 0 Å². The van der Waals surface area contributed by atoms with E-state index in [2.05, 4.69) is 24.1 Å². The largest absolute Gasteiger partial charge is 0.496 e. The lowest BCUT2D eigenvalue weighted by molar-refractivity contribution is -0.185. The molecule has 35 heavy (non-hydrogen) atoms. The molecule has 0 aromatic heterocycles. The maximum Gasteiger partial charge on any atom is 0.407 e. The van der Waals surface area contributed by atoms with Gasteiger partial charge in [0.05, 0.1) is 19.8 Å². The molecule has 194 valence electrons. The van der Waals surface area contributed by atoms with E-state index in [9.17, 15) is 19.8 Å². The van der Waals surface area contributed by atoms with Crippen LogP contribution in [0, 0.1) is 22.7 Å². The smallest absolute Gasteiger partial charge is 0.407 e. The second kappa shape index (κ2) is 11.4. The summed E-state index contributed by atoms with van der Waals surface area (Å²) in [6, 6.07) is 7.54. The molecule has 8 heteroatoms. The molecule has 0 radical (unpaired) electrons. The number of ether oxygens (including phenoxy) is 2. The Morgan fingerprint density at radius 3 is 2.63 bits per heavy atom. The highest BCUT2D eigenvalue weighted by Crippen LogP contribution is 2.61. The van der Waals surface area contributed by atoms with E-state index in [1.807, 2.05) is 31.2 Å². The zero-order chi connectivity index (χ0) is 25.6. The van der Waals surface area contributed by atoms with Crippen molar-refractivity contribution in [2.75, 3.05) is 20.3 Å². The Kier molecular flexibility index (Phi) is 8.83. The van der Waals surface area contributed by atoms with Crippen molar-refractivity contribution in [3.63, 3.8) is 0 Å². The summed E-state index contributed by atoms with van der Waals surface area (Å²) in [5.41, 5.74) is -0.170. The molecule has 6 atom stereocenters. The van der Waals surface area contributed by atoms with Gasteiger partial charge in [-0.25, -0.2) is 4.79 Å². The van der Waals surface area contributed by atoms with Gasteiger partial charge in [0.2, 0.25) is 5.91 Å². The first kappa shape index (κ1) is 27.0. The number of amides is 2. The lowest BCUT2D eigenvalue weighted by Crippen LogP contribution is -2.61. The zero-order valence-electron chi connectivity index (χ0n) is 21.1. The summed E-state index contributed by atoms with van der Waals surface area (Å²) in [5.74, 6) is 0.308. The zero-order valence-corrected chi connectivity index (χ0v) is 21.1. The first-order chi connectivity index (χ1) is 16.7.